The maximum Gasteiger partial charge on any atom is 0.242 e. The van der Waals surface area contributed by atoms with Crippen LogP contribution in [0.4, 0.5) is 10.1 Å². The molecule has 32 heavy (non-hydrogen) atoms. The number of hydrogen-bond acceptors (Lipinski definition) is 5. The number of amides is 1. The predicted molar refractivity (Wildman–Crippen MR) is 123 cm³/mol. The summed E-state index contributed by atoms with van der Waals surface area (Å²) in [6.07, 6.45) is 0. The number of H-pyrrole nitrogens is 1. The summed E-state index contributed by atoms with van der Waals surface area (Å²) in [6.45, 7) is 2.37. The normalized spacial score (nSPS) is 11.7. The number of para-hydroxylation sites is 2. The van der Waals surface area contributed by atoms with Crippen molar-refractivity contribution >= 4 is 23.4 Å². The van der Waals surface area contributed by atoms with Gasteiger partial charge in [0, 0.05) is 0 Å². The van der Waals surface area contributed by atoms with Crippen LogP contribution in [0.3, 0.4) is 0 Å². The zero-order chi connectivity index (χ0) is 22.3. The van der Waals surface area contributed by atoms with Gasteiger partial charge in [-0.2, -0.15) is 0 Å². The third kappa shape index (κ3) is 4.97. The van der Waals surface area contributed by atoms with Crippen LogP contribution in [0, 0.1) is 5.82 Å². The summed E-state index contributed by atoms with van der Waals surface area (Å²) in [7, 11) is 0. The van der Waals surface area contributed by atoms with Gasteiger partial charge in [-0.15, -0.1) is 5.10 Å². The number of nitrogens with zero attached hydrogens (tertiary/aromatic N) is 2. The molecular formula is C24H21FN4O2S. The number of anilines is 1. The number of carbonyl (C=O) groups excluding carboxylic acids is 1. The first-order chi connectivity index (χ1) is 15.7. The van der Waals surface area contributed by atoms with E-state index in [4.69, 9.17) is 4.74 Å². The maximum atomic E-state index is 14.1. The van der Waals surface area contributed by atoms with E-state index >= 15 is 0 Å². The Morgan fingerprint density at radius 2 is 1.78 bits per heavy atom. The van der Waals surface area contributed by atoms with E-state index < -0.39 is 11.1 Å². The number of aromatic amines is 1. The molecule has 6 nitrogen and oxygen atoms in total. The topological polar surface area (TPSA) is 79.9 Å². The Kier molecular flexibility index (Phi) is 6.81. The van der Waals surface area contributed by atoms with E-state index in [9.17, 15) is 9.18 Å². The molecule has 1 atom stereocenters. The van der Waals surface area contributed by atoms with Gasteiger partial charge >= 0.3 is 0 Å². The van der Waals surface area contributed by atoms with Crippen LogP contribution < -0.4 is 10.1 Å². The van der Waals surface area contributed by atoms with E-state index in [1.165, 1.54) is 17.8 Å². The average molecular weight is 449 g/mol. The molecule has 8 heteroatoms. The summed E-state index contributed by atoms with van der Waals surface area (Å²) >= 11 is 1.18. The smallest absolute Gasteiger partial charge is 0.242 e. The zero-order valence-electron chi connectivity index (χ0n) is 17.3. The van der Waals surface area contributed by atoms with Crippen molar-refractivity contribution in [2.75, 3.05) is 11.9 Å². The minimum Gasteiger partial charge on any atom is -0.492 e. The van der Waals surface area contributed by atoms with E-state index in [-0.39, 0.29) is 5.91 Å². The number of thioether (sulfide) groups is 1. The Morgan fingerprint density at radius 1 is 1.06 bits per heavy atom. The van der Waals surface area contributed by atoms with Crippen molar-refractivity contribution in [3.63, 3.8) is 0 Å². The monoisotopic (exact) mass is 448 g/mol. The third-order valence-corrected chi connectivity index (χ3v) is 5.72. The lowest BCUT2D eigenvalue weighted by Crippen LogP contribution is -2.19. The Labute approximate surface area is 189 Å². The fraction of sp³-hybridized carbons (Fsp3) is 0.125. The number of carbonyl (C=O) groups is 1. The molecule has 2 N–H and O–H groups in total. The first kappa shape index (κ1) is 21.6. The Hall–Kier alpha value is -3.65. The number of aromatic nitrogens is 3. The summed E-state index contributed by atoms with van der Waals surface area (Å²) in [4.78, 5) is 17.7. The molecule has 1 heterocycles. The zero-order valence-corrected chi connectivity index (χ0v) is 18.1. The highest BCUT2D eigenvalue weighted by atomic mass is 32.2. The predicted octanol–water partition coefficient (Wildman–Crippen LogP) is 5.48. The Bertz CT molecular complexity index is 1200. The molecule has 1 unspecified atom stereocenters. The molecule has 1 amide bonds. The molecule has 4 aromatic rings. The number of nitrogens with one attached hydrogen (secondary N) is 2. The number of benzene rings is 3. The van der Waals surface area contributed by atoms with Crippen LogP contribution in [0.1, 0.15) is 17.7 Å². The lowest BCUT2D eigenvalue weighted by atomic mass is 10.1. The van der Waals surface area contributed by atoms with Crippen molar-refractivity contribution in [1.29, 1.82) is 0 Å². The lowest BCUT2D eigenvalue weighted by Gasteiger charge is -2.17. The van der Waals surface area contributed by atoms with E-state index in [1.807, 2.05) is 49.4 Å². The molecule has 0 fully saturated rings. The molecule has 0 spiro atoms. The molecule has 0 aliphatic carbocycles. The van der Waals surface area contributed by atoms with Crippen LogP contribution in [0.5, 0.6) is 5.75 Å². The van der Waals surface area contributed by atoms with Gasteiger partial charge in [-0.25, -0.2) is 9.37 Å². The van der Waals surface area contributed by atoms with Gasteiger partial charge in [0.1, 0.15) is 16.8 Å². The quantitative estimate of drug-likeness (QED) is 0.349. The highest BCUT2D eigenvalue weighted by Crippen LogP contribution is 2.36. The summed E-state index contributed by atoms with van der Waals surface area (Å²) in [5.41, 5.74) is 1.70. The number of rotatable bonds is 8. The van der Waals surface area contributed by atoms with E-state index in [0.717, 1.165) is 5.56 Å². The fourth-order valence-electron chi connectivity index (χ4n) is 3.13. The van der Waals surface area contributed by atoms with Gasteiger partial charge in [0.05, 0.1) is 17.9 Å². The van der Waals surface area contributed by atoms with Gasteiger partial charge in [-0.3, -0.25) is 9.89 Å². The Morgan fingerprint density at radius 3 is 2.56 bits per heavy atom. The van der Waals surface area contributed by atoms with Crippen molar-refractivity contribution in [1.82, 2.24) is 15.2 Å². The summed E-state index contributed by atoms with van der Waals surface area (Å²) in [5.74, 6) is 0.259. The second-order valence-corrected chi connectivity index (χ2v) is 7.85. The molecule has 0 saturated carbocycles. The van der Waals surface area contributed by atoms with Gasteiger partial charge in [0.2, 0.25) is 11.1 Å². The number of hydrogen-bond donors (Lipinski definition) is 2. The second kappa shape index (κ2) is 10.1. The summed E-state index contributed by atoms with van der Waals surface area (Å²) in [5, 5.41) is 9.61. The molecule has 162 valence electrons. The molecular weight excluding hydrogens is 427 g/mol. The average Bonchev–Trinajstić information content (AvgIpc) is 3.28. The lowest BCUT2D eigenvalue weighted by molar-refractivity contribution is -0.115. The van der Waals surface area contributed by atoms with Crippen LogP contribution in [0.25, 0.3) is 11.4 Å². The van der Waals surface area contributed by atoms with Gasteiger partial charge < -0.3 is 10.1 Å². The highest BCUT2D eigenvalue weighted by Gasteiger charge is 2.25. The van der Waals surface area contributed by atoms with Gasteiger partial charge in [0.25, 0.3) is 0 Å². The molecule has 0 aliphatic heterocycles. The van der Waals surface area contributed by atoms with Crippen molar-refractivity contribution in [3.8, 4) is 17.1 Å². The van der Waals surface area contributed by atoms with E-state index in [1.54, 1.807) is 30.3 Å². The fourth-order valence-corrected chi connectivity index (χ4v) is 4.04. The number of ether oxygens (including phenoxy) is 1. The summed E-state index contributed by atoms with van der Waals surface area (Å²) < 4.78 is 19.7. The van der Waals surface area contributed by atoms with E-state index in [2.05, 4.69) is 20.5 Å². The van der Waals surface area contributed by atoms with Gasteiger partial charge in [-0.1, -0.05) is 66.4 Å². The minimum atomic E-state index is -0.629. The molecule has 0 radical (unpaired) electrons. The molecule has 1 aromatic heterocycles. The first-order valence-electron chi connectivity index (χ1n) is 10.1. The van der Waals surface area contributed by atoms with Crippen molar-refractivity contribution < 1.29 is 13.9 Å². The standard InChI is InChI=1S/C24H21FN4O2S/c1-2-31-20-15-9-8-14-19(20)26-23(30)21(16-10-4-3-5-11-16)32-24-27-22(28-29-24)17-12-6-7-13-18(17)25/h3-15,21H,2H2,1H3,(H,26,30)(H,27,28,29). The van der Waals surface area contributed by atoms with Crippen LogP contribution in [0.15, 0.2) is 84.0 Å². The first-order valence-corrected chi connectivity index (χ1v) is 10.9. The van der Waals surface area contributed by atoms with Crippen LogP contribution in [0.2, 0.25) is 0 Å². The highest BCUT2D eigenvalue weighted by molar-refractivity contribution is 8.00. The van der Waals surface area contributed by atoms with Crippen LogP contribution in [-0.4, -0.2) is 27.7 Å². The van der Waals surface area contributed by atoms with E-state index in [0.29, 0.717) is 34.6 Å². The number of halogens is 1. The van der Waals surface area contributed by atoms with Crippen molar-refractivity contribution in [2.24, 2.45) is 0 Å². The maximum absolute atomic E-state index is 14.1. The largest absolute Gasteiger partial charge is 0.492 e. The second-order valence-electron chi connectivity index (χ2n) is 6.77. The molecule has 0 bridgehead atoms. The Balaban J connectivity index is 1.60. The van der Waals surface area contributed by atoms with Crippen molar-refractivity contribution in [3.05, 3.63) is 90.2 Å². The SMILES string of the molecule is CCOc1ccccc1NC(=O)C(Sc1n[nH]c(-c2ccccc2F)n1)c1ccccc1. The van der Waals surface area contributed by atoms with Crippen LogP contribution in [-0.2, 0) is 4.79 Å². The molecule has 3 aromatic carbocycles. The van der Waals surface area contributed by atoms with Gasteiger partial charge in [0.15, 0.2) is 5.82 Å². The van der Waals surface area contributed by atoms with Crippen molar-refractivity contribution in [2.45, 2.75) is 17.3 Å². The van der Waals surface area contributed by atoms with Crippen LogP contribution >= 0.6 is 11.8 Å². The summed E-state index contributed by atoms with van der Waals surface area (Å²) in [6, 6.07) is 23.0. The molecule has 0 aliphatic rings. The molecule has 0 saturated heterocycles. The molecule has 4 rings (SSSR count). The van der Waals surface area contributed by atoms with Gasteiger partial charge in [-0.05, 0) is 36.8 Å². The minimum absolute atomic E-state index is 0.245. The third-order valence-electron chi connectivity index (χ3n) is 4.60.